The zero-order valence-corrected chi connectivity index (χ0v) is 10.8. The molecule has 18 heavy (non-hydrogen) atoms. The summed E-state index contributed by atoms with van der Waals surface area (Å²) in [5, 5.41) is 4.33. The molecule has 2 rings (SSSR count). The van der Waals surface area contributed by atoms with Gasteiger partial charge in [-0.25, -0.2) is 4.68 Å². The lowest BCUT2D eigenvalue weighted by Crippen LogP contribution is -2.02. The number of benzene rings is 1. The van der Waals surface area contributed by atoms with Crippen LogP contribution >= 0.6 is 0 Å². The SMILES string of the molecule is COc1ccc(-n2ncc(CN)c2C)cc1OC. The van der Waals surface area contributed by atoms with Crippen molar-refractivity contribution in [3.63, 3.8) is 0 Å². The molecule has 0 aliphatic rings. The van der Waals surface area contributed by atoms with Gasteiger partial charge in [-0.05, 0) is 19.1 Å². The molecular formula is C13H17N3O2. The van der Waals surface area contributed by atoms with Crippen molar-refractivity contribution in [3.8, 4) is 17.2 Å². The third kappa shape index (κ3) is 2.04. The Morgan fingerprint density at radius 2 is 1.94 bits per heavy atom. The van der Waals surface area contributed by atoms with E-state index >= 15 is 0 Å². The Kier molecular flexibility index (Phi) is 3.53. The first-order valence-electron chi connectivity index (χ1n) is 5.67. The molecule has 1 aromatic carbocycles. The lowest BCUT2D eigenvalue weighted by molar-refractivity contribution is 0.354. The van der Waals surface area contributed by atoms with Crippen LogP contribution in [0.1, 0.15) is 11.3 Å². The van der Waals surface area contributed by atoms with Crippen LogP contribution in [0.5, 0.6) is 11.5 Å². The predicted octanol–water partition coefficient (Wildman–Crippen LogP) is 1.66. The molecule has 0 saturated heterocycles. The normalized spacial score (nSPS) is 10.4. The third-order valence-electron chi connectivity index (χ3n) is 2.94. The van der Waals surface area contributed by atoms with E-state index in [0.717, 1.165) is 16.9 Å². The van der Waals surface area contributed by atoms with Crippen molar-refractivity contribution in [2.75, 3.05) is 14.2 Å². The van der Waals surface area contributed by atoms with Crippen molar-refractivity contribution in [1.82, 2.24) is 9.78 Å². The third-order valence-corrected chi connectivity index (χ3v) is 2.94. The van der Waals surface area contributed by atoms with Gasteiger partial charge in [0.05, 0.1) is 26.1 Å². The molecule has 0 radical (unpaired) electrons. The summed E-state index contributed by atoms with van der Waals surface area (Å²) in [5.74, 6) is 1.38. The maximum atomic E-state index is 5.65. The van der Waals surface area contributed by atoms with Crippen LogP contribution in [0.25, 0.3) is 5.69 Å². The van der Waals surface area contributed by atoms with E-state index in [0.29, 0.717) is 18.0 Å². The lowest BCUT2D eigenvalue weighted by atomic mass is 10.2. The first-order chi connectivity index (χ1) is 8.71. The number of nitrogens with two attached hydrogens (primary N) is 1. The summed E-state index contributed by atoms with van der Waals surface area (Å²) in [6.07, 6.45) is 1.78. The van der Waals surface area contributed by atoms with E-state index in [2.05, 4.69) is 5.10 Å². The van der Waals surface area contributed by atoms with Gasteiger partial charge >= 0.3 is 0 Å². The molecule has 0 bridgehead atoms. The van der Waals surface area contributed by atoms with Crippen LogP contribution in [-0.4, -0.2) is 24.0 Å². The predicted molar refractivity (Wildman–Crippen MR) is 69.3 cm³/mol. The summed E-state index contributed by atoms with van der Waals surface area (Å²) in [6.45, 7) is 2.48. The second kappa shape index (κ2) is 5.10. The minimum absolute atomic E-state index is 0.485. The van der Waals surface area contributed by atoms with E-state index in [1.54, 1.807) is 20.4 Å². The van der Waals surface area contributed by atoms with Crippen molar-refractivity contribution in [3.05, 3.63) is 35.7 Å². The van der Waals surface area contributed by atoms with E-state index in [1.807, 2.05) is 29.8 Å². The maximum Gasteiger partial charge on any atom is 0.162 e. The van der Waals surface area contributed by atoms with Gasteiger partial charge < -0.3 is 15.2 Å². The lowest BCUT2D eigenvalue weighted by Gasteiger charge is -2.10. The highest BCUT2D eigenvalue weighted by Gasteiger charge is 2.10. The van der Waals surface area contributed by atoms with Gasteiger partial charge in [-0.3, -0.25) is 0 Å². The molecule has 0 unspecified atom stereocenters. The first-order valence-corrected chi connectivity index (χ1v) is 5.67. The standard InChI is InChI=1S/C13H17N3O2/c1-9-10(7-14)8-15-16(9)11-4-5-12(17-2)13(6-11)18-3/h4-6,8H,7,14H2,1-3H3. The van der Waals surface area contributed by atoms with Crippen LogP contribution in [0, 0.1) is 6.92 Å². The Balaban J connectivity index is 2.47. The Labute approximate surface area is 106 Å². The number of ether oxygens (including phenoxy) is 2. The van der Waals surface area contributed by atoms with E-state index in [-0.39, 0.29) is 0 Å². The van der Waals surface area contributed by atoms with E-state index in [4.69, 9.17) is 15.2 Å². The average molecular weight is 247 g/mol. The van der Waals surface area contributed by atoms with Gasteiger partial charge in [0.15, 0.2) is 11.5 Å². The van der Waals surface area contributed by atoms with Gasteiger partial charge in [-0.1, -0.05) is 0 Å². The zero-order chi connectivity index (χ0) is 13.1. The molecule has 0 aliphatic heterocycles. The van der Waals surface area contributed by atoms with Crippen LogP contribution in [0.4, 0.5) is 0 Å². The van der Waals surface area contributed by atoms with E-state index in [1.165, 1.54) is 0 Å². The minimum Gasteiger partial charge on any atom is -0.493 e. The monoisotopic (exact) mass is 247 g/mol. The molecule has 2 aromatic rings. The highest BCUT2D eigenvalue weighted by molar-refractivity contribution is 5.49. The summed E-state index contributed by atoms with van der Waals surface area (Å²) in [5.41, 5.74) is 8.63. The van der Waals surface area contributed by atoms with Crippen molar-refractivity contribution in [2.45, 2.75) is 13.5 Å². The Bertz CT molecular complexity index is 549. The van der Waals surface area contributed by atoms with Gasteiger partial charge in [-0.15, -0.1) is 0 Å². The summed E-state index contributed by atoms with van der Waals surface area (Å²) in [4.78, 5) is 0. The van der Waals surface area contributed by atoms with Crippen LogP contribution in [0.15, 0.2) is 24.4 Å². The van der Waals surface area contributed by atoms with E-state index in [9.17, 15) is 0 Å². The Morgan fingerprint density at radius 1 is 1.22 bits per heavy atom. The number of hydrogen-bond donors (Lipinski definition) is 1. The topological polar surface area (TPSA) is 62.3 Å². The highest BCUT2D eigenvalue weighted by atomic mass is 16.5. The highest BCUT2D eigenvalue weighted by Crippen LogP contribution is 2.29. The van der Waals surface area contributed by atoms with Crippen LogP contribution < -0.4 is 15.2 Å². The number of hydrogen-bond acceptors (Lipinski definition) is 4. The molecule has 0 fully saturated rings. The fourth-order valence-electron chi connectivity index (χ4n) is 1.86. The molecule has 5 heteroatoms. The molecule has 0 atom stereocenters. The van der Waals surface area contributed by atoms with Crippen molar-refractivity contribution >= 4 is 0 Å². The molecule has 0 spiro atoms. The number of rotatable bonds is 4. The fourth-order valence-corrected chi connectivity index (χ4v) is 1.86. The number of aromatic nitrogens is 2. The summed E-state index contributed by atoms with van der Waals surface area (Å²) < 4.78 is 12.3. The summed E-state index contributed by atoms with van der Waals surface area (Å²) >= 11 is 0. The minimum atomic E-state index is 0.485. The van der Waals surface area contributed by atoms with Gasteiger partial charge in [0.25, 0.3) is 0 Å². The maximum absolute atomic E-state index is 5.65. The zero-order valence-electron chi connectivity index (χ0n) is 10.8. The smallest absolute Gasteiger partial charge is 0.162 e. The van der Waals surface area contributed by atoms with Crippen LogP contribution in [0.3, 0.4) is 0 Å². The fraction of sp³-hybridized carbons (Fsp3) is 0.308. The quantitative estimate of drug-likeness (QED) is 0.892. The Morgan fingerprint density at radius 3 is 2.50 bits per heavy atom. The molecule has 0 saturated carbocycles. The second-order valence-electron chi connectivity index (χ2n) is 3.91. The van der Waals surface area contributed by atoms with Crippen LogP contribution in [0.2, 0.25) is 0 Å². The van der Waals surface area contributed by atoms with Crippen molar-refractivity contribution in [2.24, 2.45) is 5.73 Å². The molecule has 1 heterocycles. The summed E-state index contributed by atoms with van der Waals surface area (Å²) in [6, 6.07) is 5.68. The van der Waals surface area contributed by atoms with Crippen LogP contribution in [-0.2, 0) is 6.54 Å². The van der Waals surface area contributed by atoms with Gasteiger partial charge in [0.2, 0.25) is 0 Å². The van der Waals surface area contributed by atoms with Crippen molar-refractivity contribution < 1.29 is 9.47 Å². The summed E-state index contributed by atoms with van der Waals surface area (Å²) in [7, 11) is 3.23. The van der Waals surface area contributed by atoms with Gasteiger partial charge in [0, 0.05) is 23.9 Å². The molecule has 0 amide bonds. The first kappa shape index (κ1) is 12.4. The molecule has 1 aromatic heterocycles. The van der Waals surface area contributed by atoms with E-state index < -0.39 is 0 Å². The number of methoxy groups -OCH3 is 2. The molecule has 0 aliphatic carbocycles. The Hall–Kier alpha value is -2.01. The average Bonchev–Trinajstić information content (AvgIpc) is 2.79. The van der Waals surface area contributed by atoms with Gasteiger partial charge in [0.1, 0.15) is 0 Å². The second-order valence-corrected chi connectivity index (χ2v) is 3.91. The number of nitrogens with zero attached hydrogens (tertiary/aromatic N) is 2. The molecule has 2 N–H and O–H groups in total. The molecular weight excluding hydrogens is 230 g/mol. The molecule has 96 valence electrons. The largest absolute Gasteiger partial charge is 0.493 e. The van der Waals surface area contributed by atoms with Crippen molar-refractivity contribution in [1.29, 1.82) is 0 Å². The molecule has 5 nitrogen and oxygen atoms in total. The van der Waals surface area contributed by atoms with Gasteiger partial charge in [-0.2, -0.15) is 5.10 Å².